The molecule has 2 aromatic heterocycles. The molecule has 0 atom stereocenters. The number of nitrogens with zero attached hydrogens (tertiary/aromatic N) is 2. The maximum absolute atomic E-state index is 4.16. The minimum absolute atomic E-state index is 0.838. The average Bonchev–Trinajstić information content (AvgIpc) is 2.72. The zero-order valence-electron chi connectivity index (χ0n) is 7.77. The number of rotatable bonds is 4. The standard InChI is InChI=1S/C10H12N4/c1-2-5-11-9(3-1)12-6-4-10-13-7-8-14-10/h1-3,5,7-8H,4,6H2,(H,11,12)(H,13,14). The molecule has 72 valence electrons. The highest BCUT2D eigenvalue weighted by Crippen LogP contribution is 1.99. The molecule has 4 nitrogen and oxygen atoms in total. The summed E-state index contributed by atoms with van der Waals surface area (Å²) in [5.41, 5.74) is 0. The van der Waals surface area contributed by atoms with Gasteiger partial charge < -0.3 is 10.3 Å². The molecule has 0 amide bonds. The Labute approximate surface area is 82.4 Å². The molecule has 0 fully saturated rings. The van der Waals surface area contributed by atoms with E-state index in [0.717, 1.165) is 24.6 Å². The molecular formula is C10H12N4. The van der Waals surface area contributed by atoms with Gasteiger partial charge in [-0.2, -0.15) is 0 Å². The highest BCUT2D eigenvalue weighted by Gasteiger charge is 1.94. The van der Waals surface area contributed by atoms with E-state index < -0.39 is 0 Å². The Balaban J connectivity index is 1.79. The van der Waals surface area contributed by atoms with Gasteiger partial charge in [0.2, 0.25) is 0 Å². The number of hydrogen-bond donors (Lipinski definition) is 2. The van der Waals surface area contributed by atoms with Crippen LogP contribution in [0.25, 0.3) is 0 Å². The first-order valence-corrected chi connectivity index (χ1v) is 4.58. The Hall–Kier alpha value is -1.84. The van der Waals surface area contributed by atoms with Gasteiger partial charge in [-0.1, -0.05) is 6.07 Å². The highest BCUT2D eigenvalue weighted by atomic mass is 15.0. The Kier molecular flexibility index (Phi) is 2.76. The third-order valence-electron chi connectivity index (χ3n) is 1.89. The van der Waals surface area contributed by atoms with Gasteiger partial charge in [0.15, 0.2) is 0 Å². The largest absolute Gasteiger partial charge is 0.370 e. The zero-order chi connectivity index (χ0) is 9.64. The normalized spacial score (nSPS) is 10.0. The number of imidazole rings is 1. The molecule has 0 aliphatic rings. The van der Waals surface area contributed by atoms with Gasteiger partial charge in [0, 0.05) is 31.6 Å². The lowest BCUT2D eigenvalue weighted by Crippen LogP contribution is -2.06. The van der Waals surface area contributed by atoms with Crippen LogP contribution in [-0.2, 0) is 6.42 Å². The fraction of sp³-hybridized carbons (Fsp3) is 0.200. The van der Waals surface area contributed by atoms with Crippen molar-refractivity contribution in [3.8, 4) is 0 Å². The van der Waals surface area contributed by atoms with E-state index in [1.54, 1.807) is 12.4 Å². The number of nitrogens with one attached hydrogen (secondary N) is 2. The molecule has 0 saturated carbocycles. The Morgan fingerprint density at radius 1 is 1.21 bits per heavy atom. The van der Waals surface area contributed by atoms with Gasteiger partial charge in [0.05, 0.1) is 0 Å². The fourth-order valence-corrected chi connectivity index (χ4v) is 1.21. The molecule has 0 aliphatic heterocycles. The predicted molar refractivity (Wildman–Crippen MR) is 55.0 cm³/mol. The molecule has 2 rings (SSSR count). The summed E-state index contributed by atoms with van der Waals surface area (Å²) in [5.74, 6) is 1.90. The molecule has 0 bridgehead atoms. The van der Waals surface area contributed by atoms with Crippen LogP contribution in [0.4, 0.5) is 5.82 Å². The summed E-state index contributed by atoms with van der Waals surface area (Å²) in [7, 11) is 0. The summed E-state index contributed by atoms with van der Waals surface area (Å²) in [5, 5.41) is 3.21. The van der Waals surface area contributed by atoms with Gasteiger partial charge in [-0.25, -0.2) is 9.97 Å². The first-order chi connectivity index (χ1) is 6.95. The lowest BCUT2D eigenvalue weighted by molar-refractivity contribution is 0.922. The van der Waals surface area contributed by atoms with E-state index in [4.69, 9.17) is 0 Å². The van der Waals surface area contributed by atoms with Gasteiger partial charge in [0.25, 0.3) is 0 Å². The first-order valence-electron chi connectivity index (χ1n) is 4.58. The summed E-state index contributed by atoms with van der Waals surface area (Å²) in [6.07, 6.45) is 6.24. The van der Waals surface area contributed by atoms with Crippen molar-refractivity contribution in [1.82, 2.24) is 15.0 Å². The SMILES string of the molecule is c1ccc(NCCc2ncc[nH]2)nc1. The topological polar surface area (TPSA) is 53.6 Å². The van der Waals surface area contributed by atoms with E-state index in [9.17, 15) is 0 Å². The number of hydrogen-bond acceptors (Lipinski definition) is 3. The van der Waals surface area contributed by atoms with Crippen LogP contribution < -0.4 is 5.32 Å². The van der Waals surface area contributed by atoms with Crippen molar-refractivity contribution in [2.75, 3.05) is 11.9 Å². The Morgan fingerprint density at radius 2 is 2.21 bits per heavy atom. The summed E-state index contributed by atoms with van der Waals surface area (Å²) >= 11 is 0. The lowest BCUT2D eigenvalue weighted by atomic mass is 10.4. The monoisotopic (exact) mass is 188 g/mol. The molecular weight excluding hydrogens is 176 g/mol. The number of aromatic amines is 1. The summed E-state index contributed by atoms with van der Waals surface area (Å²) in [4.78, 5) is 11.3. The van der Waals surface area contributed by atoms with Crippen molar-refractivity contribution in [2.45, 2.75) is 6.42 Å². The summed E-state index contributed by atoms with van der Waals surface area (Å²) < 4.78 is 0. The highest BCUT2D eigenvalue weighted by molar-refractivity contribution is 5.32. The van der Waals surface area contributed by atoms with Crippen molar-refractivity contribution in [3.05, 3.63) is 42.6 Å². The van der Waals surface area contributed by atoms with Crippen molar-refractivity contribution in [3.63, 3.8) is 0 Å². The van der Waals surface area contributed by atoms with E-state index in [0.29, 0.717) is 0 Å². The molecule has 4 heteroatoms. The minimum Gasteiger partial charge on any atom is -0.370 e. The van der Waals surface area contributed by atoms with Gasteiger partial charge in [-0.15, -0.1) is 0 Å². The number of anilines is 1. The second-order valence-corrected chi connectivity index (χ2v) is 2.93. The van der Waals surface area contributed by atoms with E-state index in [1.807, 2.05) is 24.4 Å². The van der Waals surface area contributed by atoms with Gasteiger partial charge in [0.1, 0.15) is 11.6 Å². The van der Waals surface area contributed by atoms with Crippen LogP contribution in [-0.4, -0.2) is 21.5 Å². The van der Waals surface area contributed by atoms with Crippen LogP contribution in [0.15, 0.2) is 36.8 Å². The summed E-state index contributed by atoms with van der Waals surface area (Å²) in [6.45, 7) is 0.838. The average molecular weight is 188 g/mol. The molecule has 0 aliphatic carbocycles. The Morgan fingerprint density at radius 3 is 2.93 bits per heavy atom. The fourth-order valence-electron chi connectivity index (χ4n) is 1.21. The number of pyridine rings is 1. The summed E-state index contributed by atoms with van der Waals surface area (Å²) in [6, 6.07) is 5.81. The molecule has 2 N–H and O–H groups in total. The Bertz CT molecular complexity index is 355. The van der Waals surface area contributed by atoms with Crippen LogP contribution in [0.2, 0.25) is 0 Å². The maximum Gasteiger partial charge on any atom is 0.125 e. The molecule has 0 unspecified atom stereocenters. The van der Waals surface area contributed by atoms with Crippen LogP contribution in [0.1, 0.15) is 5.82 Å². The lowest BCUT2D eigenvalue weighted by Gasteiger charge is -2.02. The molecule has 0 aromatic carbocycles. The van der Waals surface area contributed by atoms with Crippen molar-refractivity contribution < 1.29 is 0 Å². The van der Waals surface area contributed by atoms with Crippen LogP contribution >= 0.6 is 0 Å². The van der Waals surface area contributed by atoms with E-state index in [-0.39, 0.29) is 0 Å². The zero-order valence-corrected chi connectivity index (χ0v) is 7.77. The number of aromatic nitrogens is 3. The third-order valence-corrected chi connectivity index (χ3v) is 1.89. The molecule has 0 saturated heterocycles. The quantitative estimate of drug-likeness (QED) is 0.763. The van der Waals surface area contributed by atoms with Gasteiger partial charge >= 0.3 is 0 Å². The molecule has 2 aromatic rings. The third kappa shape index (κ3) is 2.32. The van der Waals surface area contributed by atoms with Gasteiger partial charge in [-0.3, -0.25) is 0 Å². The smallest absolute Gasteiger partial charge is 0.125 e. The van der Waals surface area contributed by atoms with Crippen LogP contribution in [0.3, 0.4) is 0 Å². The van der Waals surface area contributed by atoms with E-state index in [1.165, 1.54) is 0 Å². The predicted octanol–water partition coefficient (Wildman–Crippen LogP) is 1.46. The molecule has 14 heavy (non-hydrogen) atoms. The first kappa shape index (κ1) is 8.74. The van der Waals surface area contributed by atoms with Crippen molar-refractivity contribution in [1.29, 1.82) is 0 Å². The maximum atomic E-state index is 4.16. The van der Waals surface area contributed by atoms with Gasteiger partial charge in [-0.05, 0) is 12.1 Å². The number of H-pyrrole nitrogens is 1. The minimum atomic E-state index is 0.838. The van der Waals surface area contributed by atoms with Crippen LogP contribution in [0, 0.1) is 0 Å². The van der Waals surface area contributed by atoms with E-state index in [2.05, 4.69) is 20.3 Å². The molecule has 2 heterocycles. The second kappa shape index (κ2) is 4.41. The van der Waals surface area contributed by atoms with E-state index >= 15 is 0 Å². The molecule has 0 spiro atoms. The second-order valence-electron chi connectivity index (χ2n) is 2.93. The van der Waals surface area contributed by atoms with Crippen molar-refractivity contribution >= 4 is 5.82 Å². The van der Waals surface area contributed by atoms with Crippen molar-refractivity contribution in [2.24, 2.45) is 0 Å². The molecule has 0 radical (unpaired) electrons. The van der Waals surface area contributed by atoms with Crippen LogP contribution in [0.5, 0.6) is 0 Å².